The van der Waals surface area contributed by atoms with Crippen molar-refractivity contribution in [3.05, 3.63) is 29.3 Å². The second kappa shape index (κ2) is 8.44. The van der Waals surface area contributed by atoms with Crippen molar-refractivity contribution in [1.29, 1.82) is 0 Å². The molecule has 0 atom stereocenters. The number of methoxy groups -OCH3 is 1. The van der Waals surface area contributed by atoms with Crippen molar-refractivity contribution in [3.63, 3.8) is 0 Å². The van der Waals surface area contributed by atoms with E-state index in [0.29, 0.717) is 19.8 Å². The third-order valence-corrected chi connectivity index (χ3v) is 3.50. The van der Waals surface area contributed by atoms with Gasteiger partial charge in [0.05, 0.1) is 19.8 Å². The molecule has 0 bridgehead atoms. The number of aryl methyl sites for hydroxylation is 1. The second-order valence-corrected chi connectivity index (χ2v) is 4.79. The quantitative estimate of drug-likeness (QED) is 0.674. The average molecular weight is 272 g/mol. The predicted molar refractivity (Wildman–Crippen MR) is 72.7 cm³/mol. The lowest BCUT2D eigenvalue weighted by Crippen LogP contribution is -2.01. The lowest BCUT2D eigenvalue weighted by Gasteiger charge is -2.19. The van der Waals surface area contributed by atoms with Crippen LogP contribution in [0, 0.1) is 6.92 Å². The van der Waals surface area contributed by atoms with Crippen molar-refractivity contribution in [2.45, 2.75) is 27.4 Å². The summed E-state index contributed by atoms with van der Waals surface area (Å²) >= 11 is 0. The largest absolute Gasteiger partial charge is 0.426 e. The molecule has 1 rings (SSSR count). The summed E-state index contributed by atoms with van der Waals surface area (Å²) in [7, 11) is 0.331. The van der Waals surface area contributed by atoms with Gasteiger partial charge in [0, 0.05) is 12.7 Å². The van der Waals surface area contributed by atoms with E-state index in [4.69, 9.17) is 18.3 Å². The summed E-state index contributed by atoms with van der Waals surface area (Å²) < 4.78 is 21.9. The summed E-state index contributed by atoms with van der Waals surface area (Å²) in [6, 6.07) is 5.97. The summed E-state index contributed by atoms with van der Waals surface area (Å²) in [4.78, 5) is 0. The lowest BCUT2D eigenvalue weighted by molar-refractivity contribution is 0.180. The number of para-hydroxylation sites is 1. The van der Waals surface area contributed by atoms with E-state index in [9.17, 15) is 0 Å². The topological polar surface area (TPSA) is 36.9 Å². The van der Waals surface area contributed by atoms with E-state index < -0.39 is 8.60 Å². The molecular weight excluding hydrogens is 251 g/mol. The Balaban J connectivity index is 2.85. The van der Waals surface area contributed by atoms with Gasteiger partial charge in [0.1, 0.15) is 5.75 Å². The molecule has 0 aliphatic rings. The molecule has 0 aliphatic heterocycles. The molecule has 0 amide bonds. The van der Waals surface area contributed by atoms with E-state index in [2.05, 4.69) is 0 Å². The van der Waals surface area contributed by atoms with Crippen LogP contribution in [0.25, 0.3) is 0 Å². The Labute approximate surface area is 110 Å². The van der Waals surface area contributed by atoms with Gasteiger partial charge >= 0.3 is 8.60 Å². The van der Waals surface area contributed by atoms with Gasteiger partial charge in [0.2, 0.25) is 0 Å². The van der Waals surface area contributed by atoms with Crippen molar-refractivity contribution in [2.24, 2.45) is 0 Å². The van der Waals surface area contributed by atoms with E-state index >= 15 is 0 Å². The van der Waals surface area contributed by atoms with Crippen LogP contribution in [0.15, 0.2) is 18.2 Å². The average Bonchev–Trinajstić information content (AvgIpc) is 2.34. The van der Waals surface area contributed by atoms with Crippen molar-refractivity contribution in [3.8, 4) is 5.75 Å². The zero-order valence-corrected chi connectivity index (χ0v) is 12.3. The zero-order valence-electron chi connectivity index (χ0n) is 11.4. The molecule has 0 unspecified atom stereocenters. The van der Waals surface area contributed by atoms with Crippen LogP contribution < -0.4 is 4.52 Å². The zero-order chi connectivity index (χ0) is 13.4. The fourth-order valence-electron chi connectivity index (χ4n) is 1.49. The smallest absolute Gasteiger partial charge is 0.397 e. The van der Waals surface area contributed by atoms with Crippen LogP contribution in [-0.2, 0) is 20.4 Å². The van der Waals surface area contributed by atoms with Crippen molar-refractivity contribution in [2.75, 3.05) is 20.3 Å². The highest BCUT2D eigenvalue weighted by Gasteiger charge is 2.17. The Bertz CT molecular complexity index is 351. The maximum absolute atomic E-state index is 5.85. The number of hydrogen-bond donors (Lipinski definition) is 0. The number of ether oxygens (including phenoxy) is 1. The Morgan fingerprint density at radius 3 is 2.33 bits per heavy atom. The monoisotopic (exact) mass is 272 g/mol. The first-order valence-corrected chi connectivity index (χ1v) is 7.13. The molecular formula is C13H21O4P. The SMILES string of the molecule is CCOP(OCC)Oc1c(C)cccc1COC. The predicted octanol–water partition coefficient (Wildman–Crippen LogP) is 3.82. The standard InChI is InChI=1S/C13H21O4P/c1-5-15-18(16-6-2)17-13-11(3)8-7-9-12(13)10-14-4/h7-9H,5-6,10H2,1-4H3. The van der Waals surface area contributed by atoms with Crippen LogP contribution in [-0.4, -0.2) is 20.3 Å². The van der Waals surface area contributed by atoms with Crippen LogP contribution in [0.4, 0.5) is 0 Å². The highest BCUT2D eigenvalue weighted by atomic mass is 31.2. The van der Waals surface area contributed by atoms with E-state index in [-0.39, 0.29) is 0 Å². The molecule has 0 N–H and O–H groups in total. The van der Waals surface area contributed by atoms with E-state index in [0.717, 1.165) is 16.9 Å². The van der Waals surface area contributed by atoms with Crippen molar-refractivity contribution < 1.29 is 18.3 Å². The first-order valence-electron chi connectivity index (χ1n) is 6.04. The summed E-state index contributed by atoms with van der Waals surface area (Å²) in [5.41, 5.74) is 2.06. The Morgan fingerprint density at radius 1 is 1.11 bits per heavy atom. The number of benzene rings is 1. The third kappa shape index (κ3) is 4.54. The molecule has 4 nitrogen and oxygen atoms in total. The van der Waals surface area contributed by atoms with E-state index in [1.807, 2.05) is 39.0 Å². The maximum Gasteiger partial charge on any atom is 0.397 e. The molecule has 0 aliphatic carbocycles. The van der Waals surface area contributed by atoms with Gasteiger partial charge in [-0.1, -0.05) is 18.2 Å². The van der Waals surface area contributed by atoms with Gasteiger partial charge in [-0.05, 0) is 26.3 Å². The Hall–Kier alpha value is -0.670. The summed E-state index contributed by atoms with van der Waals surface area (Å²) in [6.07, 6.45) is 0. The molecule has 0 aromatic heterocycles. The fraction of sp³-hybridized carbons (Fsp3) is 0.538. The van der Waals surface area contributed by atoms with Crippen LogP contribution in [0.1, 0.15) is 25.0 Å². The normalized spacial score (nSPS) is 10.9. The molecule has 0 saturated heterocycles. The minimum Gasteiger partial charge on any atom is -0.426 e. The molecule has 18 heavy (non-hydrogen) atoms. The number of rotatable bonds is 8. The van der Waals surface area contributed by atoms with Gasteiger partial charge in [-0.2, -0.15) is 0 Å². The van der Waals surface area contributed by atoms with Crippen LogP contribution in [0.5, 0.6) is 5.75 Å². The van der Waals surface area contributed by atoms with Crippen LogP contribution >= 0.6 is 8.60 Å². The first kappa shape index (κ1) is 15.4. The van der Waals surface area contributed by atoms with Gasteiger partial charge in [0.25, 0.3) is 0 Å². The van der Waals surface area contributed by atoms with Crippen molar-refractivity contribution >= 4 is 8.60 Å². The molecule has 5 heteroatoms. The Kier molecular flexibility index (Phi) is 7.21. The third-order valence-electron chi connectivity index (χ3n) is 2.23. The van der Waals surface area contributed by atoms with E-state index in [1.165, 1.54) is 0 Å². The fourth-order valence-corrected chi connectivity index (χ4v) is 2.50. The molecule has 102 valence electrons. The minimum absolute atomic E-state index is 0.512. The van der Waals surface area contributed by atoms with Crippen LogP contribution in [0.3, 0.4) is 0 Å². The Morgan fingerprint density at radius 2 is 1.78 bits per heavy atom. The summed E-state index contributed by atoms with van der Waals surface area (Å²) in [5, 5.41) is 0. The van der Waals surface area contributed by atoms with Gasteiger partial charge in [-0.15, -0.1) is 0 Å². The maximum atomic E-state index is 5.85. The van der Waals surface area contributed by atoms with Gasteiger partial charge in [-0.3, -0.25) is 0 Å². The molecule has 0 radical (unpaired) electrons. The van der Waals surface area contributed by atoms with Crippen molar-refractivity contribution in [1.82, 2.24) is 0 Å². The minimum atomic E-state index is -1.34. The van der Waals surface area contributed by atoms with Gasteiger partial charge in [-0.25, -0.2) is 0 Å². The number of hydrogen-bond acceptors (Lipinski definition) is 4. The highest BCUT2D eigenvalue weighted by Crippen LogP contribution is 2.42. The first-order chi connectivity index (χ1) is 8.72. The molecule has 0 heterocycles. The molecule has 0 saturated carbocycles. The second-order valence-electron chi connectivity index (χ2n) is 3.65. The highest BCUT2D eigenvalue weighted by molar-refractivity contribution is 7.42. The molecule has 1 aromatic carbocycles. The molecule has 1 aromatic rings. The summed E-state index contributed by atoms with van der Waals surface area (Å²) in [6.45, 7) is 7.49. The molecule has 0 fully saturated rings. The van der Waals surface area contributed by atoms with Gasteiger partial charge < -0.3 is 18.3 Å². The van der Waals surface area contributed by atoms with Crippen LogP contribution in [0.2, 0.25) is 0 Å². The lowest BCUT2D eigenvalue weighted by atomic mass is 10.1. The molecule has 0 spiro atoms. The van der Waals surface area contributed by atoms with E-state index in [1.54, 1.807) is 7.11 Å². The summed E-state index contributed by atoms with van der Waals surface area (Å²) in [5.74, 6) is 0.798. The van der Waals surface area contributed by atoms with Gasteiger partial charge in [0.15, 0.2) is 0 Å².